The van der Waals surface area contributed by atoms with Gasteiger partial charge < -0.3 is 9.47 Å². The summed E-state index contributed by atoms with van der Waals surface area (Å²) in [5, 5.41) is 0. The van der Waals surface area contributed by atoms with Gasteiger partial charge in [0.1, 0.15) is 0 Å². The minimum absolute atomic E-state index is 0.171. The molecule has 0 aromatic rings. The smallest absolute Gasteiger partial charge is 0.0945 e. The van der Waals surface area contributed by atoms with Crippen LogP contribution in [-0.2, 0) is 9.47 Å². The van der Waals surface area contributed by atoms with Crippen LogP contribution in [-0.4, -0.2) is 23.4 Å². The standard InChI is InChI=1S/C28H52O2/c1-7-9-11-13-15-17-19-21-23-27(5)28(6,30-26(4)25(3)29-27)24-22-20-18-16-14-12-10-8-2/h7-10,25-26H,11-24H2,1-6H3. The van der Waals surface area contributed by atoms with Gasteiger partial charge in [0, 0.05) is 0 Å². The molecule has 0 aromatic carbocycles. The van der Waals surface area contributed by atoms with Crippen molar-refractivity contribution in [3.63, 3.8) is 0 Å². The summed E-state index contributed by atoms with van der Waals surface area (Å²) in [7, 11) is 0. The van der Waals surface area contributed by atoms with Crippen LogP contribution >= 0.6 is 0 Å². The molecule has 1 saturated heterocycles. The highest BCUT2D eigenvalue weighted by atomic mass is 16.6. The fraction of sp³-hybridized carbons (Fsp3) is 0.857. The van der Waals surface area contributed by atoms with Gasteiger partial charge in [-0.25, -0.2) is 0 Å². The molecule has 0 aromatic heterocycles. The normalized spacial score (nSPS) is 29.9. The third kappa shape index (κ3) is 9.69. The maximum atomic E-state index is 6.64. The van der Waals surface area contributed by atoms with Crippen LogP contribution in [0.1, 0.15) is 131 Å². The van der Waals surface area contributed by atoms with Crippen molar-refractivity contribution in [2.75, 3.05) is 0 Å². The van der Waals surface area contributed by atoms with Crippen molar-refractivity contribution in [1.82, 2.24) is 0 Å². The van der Waals surface area contributed by atoms with E-state index in [1.165, 1.54) is 77.0 Å². The molecular formula is C28H52O2. The van der Waals surface area contributed by atoms with Crippen LogP contribution in [0.4, 0.5) is 0 Å². The van der Waals surface area contributed by atoms with E-state index in [-0.39, 0.29) is 23.4 Å². The van der Waals surface area contributed by atoms with Gasteiger partial charge in [0.25, 0.3) is 0 Å². The highest BCUT2D eigenvalue weighted by Gasteiger charge is 2.51. The molecule has 0 aliphatic carbocycles. The number of ether oxygens (including phenoxy) is 2. The lowest BCUT2D eigenvalue weighted by Crippen LogP contribution is -2.62. The number of unbranched alkanes of at least 4 members (excludes halogenated alkanes) is 10. The van der Waals surface area contributed by atoms with Crippen LogP contribution in [0, 0.1) is 0 Å². The third-order valence-electron chi connectivity index (χ3n) is 7.19. The van der Waals surface area contributed by atoms with Crippen LogP contribution in [0.3, 0.4) is 0 Å². The molecule has 0 saturated carbocycles. The Morgan fingerprint density at radius 3 is 1.27 bits per heavy atom. The predicted octanol–water partition coefficient (Wildman–Crippen LogP) is 8.94. The van der Waals surface area contributed by atoms with Crippen LogP contribution in [0.25, 0.3) is 0 Å². The van der Waals surface area contributed by atoms with Gasteiger partial charge >= 0.3 is 0 Å². The van der Waals surface area contributed by atoms with Crippen molar-refractivity contribution < 1.29 is 9.47 Å². The summed E-state index contributed by atoms with van der Waals surface area (Å²) in [5.41, 5.74) is -0.342. The highest BCUT2D eigenvalue weighted by Crippen LogP contribution is 2.44. The molecule has 4 atom stereocenters. The quantitative estimate of drug-likeness (QED) is 0.183. The Kier molecular flexibility index (Phi) is 13.9. The maximum absolute atomic E-state index is 6.64. The monoisotopic (exact) mass is 420 g/mol. The van der Waals surface area contributed by atoms with E-state index in [4.69, 9.17) is 9.47 Å². The number of hydrogen-bond acceptors (Lipinski definition) is 2. The van der Waals surface area contributed by atoms with Crippen molar-refractivity contribution in [3.8, 4) is 0 Å². The Balaban J connectivity index is 2.43. The fourth-order valence-electron chi connectivity index (χ4n) is 4.75. The van der Waals surface area contributed by atoms with Crippen LogP contribution in [0.2, 0.25) is 0 Å². The van der Waals surface area contributed by atoms with Crippen molar-refractivity contribution in [2.45, 2.75) is 155 Å². The SMILES string of the molecule is CC=CCCCCCCCC1(C)OC(C)C(C)OC1(C)CCCCCCCC=CC. The van der Waals surface area contributed by atoms with E-state index in [9.17, 15) is 0 Å². The molecule has 1 fully saturated rings. The molecule has 1 rings (SSSR count). The zero-order chi connectivity index (χ0) is 22.3. The first kappa shape index (κ1) is 27.4. The first-order valence-corrected chi connectivity index (χ1v) is 13.0. The third-order valence-corrected chi connectivity index (χ3v) is 7.19. The Morgan fingerprint density at radius 2 is 0.900 bits per heavy atom. The Bertz CT molecular complexity index is 439. The summed E-state index contributed by atoms with van der Waals surface area (Å²) in [5.74, 6) is 0. The lowest BCUT2D eigenvalue weighted by atomic mass is 9.76. The average molecular weight is 421 g/mol. The van der Waals surface area contributed by atoms with E-state index in [0.717, 1.165) is 12.8 Å². The molecule has 4 unspecified atom stereocenters. The van der Waals surface area contributed by atoms with E-state index < -0.39 is 0 Å². The highest BCUT2D eigenvalue weighted by molar-refractivity contribution is 5.01. The topological polar surface area (TPSA) is 18.5 Å². The first-order valence-electron chi connectivity index (χ1n) is 13.0. The second-order valence-electron chi connectivity index (χ2n) is 9.86. The largest absolute Gasteiger partial charge is 0.367 e. The molecule has 0 spiro atoms. The zero-order valence-electron chi connectivity index (χ0n) is 21.2. The van der Waals surface area contributed by atoms with Gasteiger partial charge in [-0.15, -0.1) is 0 Å². The van der Waals surface area contributed by atoms with Gasteiger partial charge in [0.05, 0.1) is 23.4 Å². The molecule has 0 N–H and O–H groups in total. The molecule has 1 aliphatic rings. The number of hydrogen-bond donors (Lipinski definition) is 0. The van der Waals surface area contributed by atoms with Crippen molar-refractivity contribution in [3.05, 3.63) is 24.3 Å². The minimum Gasteiger partial charge on any atom is -0.367 e. The number of allylic oxidation sites excluding steroid dienone is 4. The molecule has 0 bridgehead atoms. The predicted molar refractivity (Wildman–Crippen MR) is 132 cm³/mol. The molecule has 1 heterocycles. The number of rotatable bonds is 16. The Labute approximate surface area is 188 Å². The zero-order valence-corrected chi connectivity index (χ0v) is 21.2. The molecule has 30 heavy (non-hydrogen) atoms. The second kappa shape index (κ2) is 15.2. The molecule has 2 nitrogen and oxygen atoms in total. The van der Waals surface area contributed by atoms with Gasteiger partial charge in [-0.1, -0.05) is 75.7 Å². The van der Waals surface area contributed by atoms with E-state index in [1.54, 1.807) is 0 Å². The van der Waals surface area contributed by atoms with E-state index >= 15 is 0 Å². The molecular weight excluding hydrogens is 368 g/mol. The molecule has 1 aliphatic heterocycles. The second-order valence-corrected chi connectivity index (χ2v) is 9.86. The maximum Gasteiger partial charge on any atom is 0.0945 e. The van der Waals surface area contributed by atoms with Crippen LogP contribution < -0.4 is 0 Å². The van der Waals surface area contributed by atoms with Crippen molar-refractivity contribution in [1.29, 1.82) is 0 Å². The van der Waals surface area contributed by atoms with E-state index in [0.29, 0.717) is 0 Å². The molecule has 0 amide bonds. The van der Waals surface area contributed by atoms with Crippen LogP contribution in [0.5, 0.6) is 0 Å². The summed E-state index contributed by atoms with van der Waals surface area (Å²) in [6.45, 7) is 13.2. The molecule has 2 heteroatoms. The summed E-state index contributed by atoms with van der Waals surface area (Å²) >= 11 is 0. The van der Waals surface area contributed by atoms with Gasteiger partial charge in [0.15, 0.2) is 0 Å². The lowest BCUT2D eigenvalue weighted by Gasteiger charge is -2.54. The first-order chi connectivity index (χ1) is 14.4. The van der Waals surface area contributed by atoms with Crippen molar-refractivity contribution in [2.24, 2.45) is 0 Å². The molecule has 176 valence electrons. The summed E-state index contributed by atoms with van der Waals surface area (Å²) in [4.78, 5) is 0. The van der Waals surface area contributed by atoms with Gasteiger partial charge in [0.2, 0.25) is 0 Å². The molecule has 0 radical (unpaired) electrons. The Morgan fingerprint density at radius 1 is 0.567 bits per heavy atom. The van der Waals surface area contributed by atoms with Crippen molar-refractivity contribution >= 4 is 0 Å². The van der Waals surface area contributed by atoms with Gasteiger partial charge in [-0.2, -0.15) is 0 Å². The Hall–Kier alpha value is -0.600. The average Bonchev–Trinajstić information content (AvgIpc) is 2.71. The van der Waals surface area contributed by atoms with E-state index in [2.05, 4.69) is 65.8 Å². The lowest BCUT2D eigenvalue weighted by molar-refractivity contribution is -0.303. The summed E-state index contributed by atoms with van der Waals surface area (Å²) < 4.78 is 13.3. The summed E-state index contributed by atoms with van der Waals surface area (Å²) in [6, 6.07) is 0. The van der Waals surface area contributed by atoms with Gasteiger partial charge in [-0.3, -0.25) is 0 Å². The van der Waals surface area contributed by atoms with Gasteiger partial charge in [-0.05, 0) is 80.1 Å². The minimum atomic E-state index is -0.171. The fourth-order valence-corrected chi connectivity index (χ4v) is 4.75. The summed E-state index contributed by atoms with van der Waals surface area (Å²) in [6.07, 6.45) is 27.0. The van der Waals surface area contributed by atoms with E-state index in [1.807, 2.05) is 0 Å². The van der Waals surface area contributed by atoms with Crippen LogP contribution in [0.15, 0.2) is 24.3 Å².